The zero-order valence-corrected chi connectivity index (χ0v) is 7.77. The number of hydrogen-bond donors (Lipinski definition) is 1. The van der Waals surface area contributed by atoms with Crippen molar-refractivity contribution in [2.45, 2.75) is 13.3 Å². The van der Waals surface area contributed by atoms with Crippen molar-refractivity contribution in [3.63, 3.8) is 0 Å². The Labute approximate surface area is 78.5 Å². The Morgan fingerprint density at radius 1 is 1.46 bits per heavy atom. The Morgan fingerprint density at radius 3 is 3.08 bits per heavy atom. The normalized spacial score (nSPS) is 30.8. The van der Waals surface area contributed by atoms with Crippen LogP contribution in [0.15, 0.2) is 40.7 Å². The molecule has 0 aromatic rings. The molecule has 13 heavy (non-hydrogen) atoms. The molecule has 0 spiro atoms. The first-order valence-corrected chi connectivity index (χ1v) is 4.71. The van der Waals surface area contributed by atoms with Crippen LogP contribution in [0.5, 0.6) is 0 Å². The highest BCUT2D eigenvalue weighted by molar-refractivity contribution is 5.67. The number of nitrogens with two attached hydrogens (primary N) is 1. The average Bonchev–Trinajstić information content (AvgIpc) is 2.19. The third kappa shape index (κ3) is 1.32. The predicted molar refractivity (Wildman–Crippen MR) is 55.3 cm³/mol. The fourth-order valence-corrected chi connectivity index (χ4v) is 1.89. The summed E-state index contributed by atoms with van der Waals surface area (Å²) < 4.78 is 0. The van der Waals surface area contributed by atoms with E-state index in [1.165, 1.54) is 5.57 Å². The van der Waals surface area contributed by atoms with E-state index >= 15 is 0 Å². The van der Waals surface area contributed by atoms with Gasteiger partial charge in [-0.05, 0) is 6.42 Å². The Balaban J connectivity index is 2.37. The maximum atomic E-state index is 5.80. The lowest BCUT2D eigenvalue weighted by Gasteiger charge is -2.27. The van der Waals surface area contributed by atoms with E-state index in [1.807, 2.05) is 12.3 Å². The van der Waals surface area contributed by atoms with Gasteiger partial charge in [-0.1, -0.05) is 31.2 Å². The van der Waals surface area contributed by atoms with Gasteiger partial charge in [0, 0.05) is 23.6 Å². The molecule has 1 aliphatic carbocycles. The number of rotatable bonds is 1. The fourth-order valence-electron chi connectivity index (χ4n) is 1.89. The van der Waals surface area contributed by atoms with Crippen molar-refractivity contribution in [1.82, 2.24) is 0 Å². The molecule has 2 rings (SSSR count). The van der Waals surface area contributed by atoms with E-state index in [0.717, 1.165) is 6.42 Å². The van der Waals surface area contributed by atoms with Crippen LogP contribution in [-0.4, -0.2) is 6.21 Å². The zero-order chi connectivity index (χ0) is 9.26. The fraction of sp³-hybridized carbons (Fsp3) is 0.364. The summed E-state index contributed by atoms with van der Waals surface area (Å²) in [5.74, 6) is 1.64. The Morgan fingerprint density at radius 2 is 2.31 bits per heavy atom. The first-order valence-electron chi connectivity index (χ1n) is 4.71. The number of fused-ring (bicyclic) bond motifs is 1. The van der Waals surface area contributed by atoms with Gasteiger partial charge in [-0.25, -0.2) is 4.99 Å². The van der Waals surface area contributed by atoms with Crippen LogP contribution in [0.25, 0.3) is 0 Å². The third-order valence-corrected chi connectivity index (χ3v) is 2.70. The molecule has 2 heteroatoms. The quantitative estimate of drug-likeness (QED) is 0.648. The highest BCUT2D eigenvalue weighted by Crippen LogP contribution is 2.31. The van der Waals surface area contributed by atoms with Crippen LogP contribution >= 0.6 is 0 Å². The summed E-state index contributed by atoms with van der Waals surface area (Å²) >= 11 is 0. The average molecular weight is 174 g/mol. The lowest BCUT2D eigenvalue weighted by Crippen LogP contribution is -2.23. The molecule has 2 nitrogen and oxygen atoms in total. The Bertz CT molecular complexity index is 321. The standard InChI is InChI=1S/C11H14N2/c1-2-8-7-13-11(12)10-6-4-3-5-9(8)10/h3-9H,2,12H2,1H3. The van der Waals surface area contributed by atoms with Crippen LogP contribution in [0.3, 0.4) is 0 Å². The second kappa shape index (κ2) is 3.21. The van der Waals surface area contributed by atoms with Crippen molar-refractivity contribution in [3.8, 4) is 0 Å². The molecule has 0 saturated heterocycles. The van der Waals surface area contributed by atoms with Crippen LogP contribution < -0.4 is 5.73 Å². The van der Waals surface area contributed by atoms with Crippen molar-refractivity contribution in [3.05, 3.63) is 35.7 Å². The lowest BCUT2D eigenvalue weighted by atomic mass is 9.81. The molecule has 0 aromatic carbocycles. The van der Waals surface area contributed by atoms with E-state index in [2.05, 4.69) is 30.1 Å². The van der Waals surface area contributed by atoms with Gasteiger partial charge in [-0.2, -0.15) is 0 Å². The van der Waals surface area contributed by atoms with Crippen molar-refractivity contribution in [2.24, 2.45) is 22.6 Å². The molecule has 2 aliphatic rings. The van der Waals surface area contributed by atoms with Gasteiger partial charge >= 0.3 is 0 Å². The monoisotopic (exact) mass is 174 g/mol. The van der Waals surface area contributed by atoms with Crippen LogP contribution in [0.4, 0.5) is 0 Å². The second-order valence-corrected chi connectivity index (χ2v) is 3.46. The van der Waals surface area contributed by atoms with Gasteiger partial charge in [0.05, 0.1) is 0 Å². The number of hydrogen-bond acceptors (Lipinski definition) is 2. The molecule has 1 heterocycles. The van der Waals surface area contributed by atoms with Gasteiger partial charge in [-0.15, -0.1) is 0 Å². The first-order chi connectivity index (χ1) is 6.33. The van der Waals surface area contributed by atoms with Crippen LogP contribution in [0.2, 0.25) is 0 Å². The molecule has 1 aliphatic heterocycles. The molecule has 2 N–H and O–H groups in total. The molecule has 0 bridgehead atoms. The Kier molecular flexibility index (Phi) is 2.05. The predicted octanol–water partition coefficient (Wildman–Crippen LogP) is 2.01. The summed E-state index contributed by atoms with van der Waals surface area (Å²) in [5.41, 5.74) is 6.98. The molecule has 0 saturated carbocycles. The highest BCUT2D eigenvalue weighted by Gasteiger charge is 2.24. The molecule has 2 unspecified atom stereocenters. The van der Waals surface area contributed by atoms with Gasteiger partial charge in [-0.3, -0.25) is 0 Å². The van der Waals surface area contributed by atoms with Crippen LogP contribution in [-0.2, 0) is 0 Å². The molecule has 2 atom stereocenters. The van der Waals surface area contributed by atoms with E-state index in [9.17, 15) is 0 Å². The van der Waals surface area contributed by atoms with Crippen molar-refractivity contribution in [1.29, 1.82) is 0 Å². The second-order valence-electron chi connectivity index (χ2n) is 3.46. The molecular formula is C11H14N2. The highest BCUT2D eigenvalue weighted by atomic mass is 14.9. The summed E-state index contributed by atoms with van der Waals surface area (Å²) in [6.45, 7) is 2.18. The number of allylic oxidation sites excluding steroid dienone is 5. The summed E-state index contributed by atoms with van der Waals surface area (Å²) in [5, 5.41) is 0. The maximum Gasteiger partial charge on any atom is 0.126 e. The molecule has 0 radical (unpaired) electrons. The summed E-state index contributed by atoms with van der Waals surface area (Å²) in [6.07, 6.45) is 11.5. The van der Waals surface area contributed by atoms with Crippen molar-refractivity contribution < 1.29 is 0 Å². The summed E-state index contributed by atoms with van der Waals surface area (Å²) in [4.78, 5) is 4.21. The molecular weight excluding hydrogens is 160 g/mol. The zero-order valence-electron chi connectivity index (χ0n) is 7.77. The van der Waals surface area contributed by atoms with E-state index in [1.54, 1.807) is 0 Å². The van der Waals surface area contributed by atoms with Crippen molar-refractivity contribution >= 4 is 6.21 Å². The topological polar surface area (TPSA) is 38.4 Å². The Hall–Kier alpha value is -1.31. The SMILES string of the molecule is CCC1C=NC(N)=C2C=CC=CC21. The smallest absolute Gasteiger partial charge is 0.126 e. The van der Waals surface area contributed by atoms with E-state index in [0.29, 0.717) is 17.7 Å². The van der Waals surface area contributed by atoms with E-state index < -0.39 is 0 Å². The summed E-state index contributed by atoms with van der Waals surface area (Å²) in [6, 6.07) is 0. The minimum atomic E-state index is 0.451. The van der Waals surface area contributed by atoms with Crippen LogP contribution in [0.1, 0.15) is 13.3 Å². The van der Waals surface area contributed by atoms with Gasteiger partial charge in [0.1, 0.15) is 5.82 Å². The minimum Gasteiger partial charge on any atom is -0.383 e. The minimum absolute atomic E-state index is 0.451. The summed E-state index contributed by atoms with van der Waals surface area (Å²) in [7, 11) is 0. The molecule has 0 amide bonds. The van der Waals surface area contributed by atoms with Gasteiger partial charge in [0.2, 0.25) is 0 Å². The number of nitrogens with zero attached hydrogens (tertiary/aromatic N) is 1. The van der Waals surface area contributed by atoms with Gasteiger partial charge < -0.3 is 5.73 Å². The lowest BCUT2D eigenvalue weighted by molar-refractivity contribution is 0.550. The maximum absolute atomic E-state index is 5.80. The number of aliphatic imine (C=N–C) groups is 1. The first kappa shape index (κ1) is 8.30. The van der Waals surface area contributed by atoms with Crippen molar-refractivity contribution in [2.75, 3.05) is 0 Å². The van der Waals surface area contributed by atoms with E-state index in [4.69, 9.17) is 5.73 Å². The van der Waals surface area contributed by atoms with Gasteiger partial charge in [0.25, 0.3) is 0 Å². The van der Waals surface area contributed by atoms with Crippen LogP contribution in [0, 0.1) is 11.8 Å². The third-order valence-electron chi connectivity index (χ3n) is 2.70. The molecule has 0 aromatic heterocycles. The van der Waals surface area contributed by atoms with E-state index in [-0.39, 0.29) is 0 Å². The largest absolute Gasteiger partial charge is 0.383 e. The molecule has 68 valence electrons. The molecule has 0 fully saturated rings. The van der Waals surface area contributed by atoms with Gasteiger partial charge in [0.15, 0.2) is 0 Å².